The highest BCUT2D eigenvalue weighted by molar-refractivity contribution is 5.83. The van der Waals surface area contributed by atoms with Crippen molar-refractivity contribution in [3.05, 3.63) is 71.9 Å². The molecule has 97 heavy (non-hydrogen) atoms. The largest absolute Gasteiger partial charge is 0.459 e. The van der Waals surface area contributed by atoms with Crippen LogP contribution in [0.3, 0.4) is 0 Å². The normalized spacial score (nSPS) is 41.7. The van der Waals surface area contributed by atoms with Gasteiger partial charge < -0.3 is 88.2 Å². The zero-order valence-electron chi connectivity index (χ0n) is 61.4. The van der Waals surface area contributed by atoms with Crippen LogP contribution in [0.4, 0.5) is 0 Å². The highest BCUT2D eigenvalue weighted by atomic mass is 16.6. The van der Waals surface area contributed by atoms with E-state index >= 15 is 0 Å². The van der Waals surface area contributed by atoms with E-state index in [1.54, 1.807) is 54.4 Å². The third-order valence-corrected chi connectivity index (χ3v) is 21.7. The molecule has 20 heteroatoms. The number of esters is 2. The molecule has 5 rings (SSSR count). The van der Waals surface area contributed by atoms with Crippen molar-refractivity contribution in [2.45, 2.75) is 332 Å². The van der Waals surface area contributed by atoms with E-state index in [0.717, 1.165) is 31.3 Å². The molecular weight excluding hydrogens is 1240 g/mol. The molecule has 2 saturated heterocycles. The summed E-state index contributed by atoms with van der Waals surface area (Å²) in [5, 5.41) is 93.5. The third kappa shape index (κ3) is 28.8. The molecule has 0 spiro atoms. The fraction of sp³-hybridized carbons (Fsp3) is 0.818. The first-order valence-corrected chi connectivity index (χ1v) is 36.6. The number of ether oxygens (including phenoxy) is 10. The Morgan fingerprint density at radius 3 is 1.44 bits per heavy atom. The Kier molecular flexibility index (Phi) is 37.4. The smallest absolute Gasteiger partial charge is 0.331 e. The highest BCUT2D eigenvalue weighted by Crippen LogP contribution is 2.36. The molecule has 4 bridgehead atoms. The Balaban J connectivity index is 1.35. The highest BCUT2D eigenvalue weighted by Gasteiger charge is 2.42. The van der Waals surface area contributed by atoms with E-state index in [0.29, 0.717) is 69.8 Å². The Morgan fingerprint density at radius 2 is 0.938 bits per heavy atom. The number of aliphatic hydroxyl groups excluding tert-OH is 8. The summed E-state index contributed by atoms with van der Waals surface area (Å²) in [6.07, 6.45) is 14.6. The van der Waals surface area contributed by atoms with Gasteiger partial charge in [-0.05, 0) is 136 Å². The molecule has 2 fully saturated rings. The predicted molar refractivity (Wildman–Crippen MR) is 373 cm³/mol. The first kappa shape index (κ1) is 84.4. The summed E-state index contributed by atoms with van der Waals surface area (Å²) in [6.45, 7) is 20.7. The lowest BCUT2D eigenvalue weighted by Gasteiger charge is -2.38. The van der Waals surface area contributed by atoms with E-state index in [1.165, 1.54) is 12.2 Å². The van der Waals surface area contributed by atoms with Crippen LogP contribution in [-0.4, -0.2) is 216 Å². The lowest BCUT2D eigenvalue weighted by molar-refractivity contribution is -0.158. The summed E-state index contributed by atoms with van der Waals surface area (Å²) in [6, 6.07) is 0. The van der Waals surface area contributed by atoms with E-state index in [4.69, 9.17) is 47.4 Å². The molecule has 5 heterocycles. The van der Waals surface area contributed by atoms with Crippen molar-refractivity contribution in [3.8, 4) is 0 Å². The van der Waals surface area contributed by atoms with E-state index in [-0.39, 0.29) is 92.8 Å². The first-order chi connectivity index (χ1) is 46.0. The van der Waals surface area contributed by atoms with Crippen molar-refractivity contribution in [3.63, 3.8) is 0 Å². The SMILES string of the molecule is CO[C@@H]1C[C@@H](O)C[C@@H](O)[C@H](C)[C@H](O)[C@@H](C)[C@H]([C@@H](C)CC[C@H]2C[C@H](OC)C[C@H](C)O2)OC(=O)/C=C/C(C)=C/C[C@H](O)C[C@@H]2C=CC[C@@H](C[C@H](OC)[C@@H](C)[C@@H](O)C[C@@H](O)[C@H](C)[C@@H]([C@@H](C)[C@@H](O)[C@@H](C)CC[C@H]3C[C@H](OC)C[C@H](C)O3)OC(=O)/C=C/C(C)=C/C[C@H](O)C[C@@H]3C=CC[C@@H](C1)O3)O2. The second-order valence-corrected chi connectivity index (χ2v) is 29.9. The topological polar surface area (TPSA) is 288 Å². The number of fused-ring (bicyclic) bond motifs is 4. The molecule has 0 amide bonds. The molecule has 0 aliphatic carbocycles. The van der Waals surface area contributed by atoms with Crippen LogP contribution in [-0.2, 0) is 57.0 Å². The maximum absolute atomic E-state index is 13.9. The van der Waals surface area contributed by atoms with Gasteiger partial charge >= 0.3 is 11.9 Å². The first-order valence-electron chi connectivity index (χ1n) is 36.6. The minimum absolute atomic E-state index is 0.0299. The fourth-order valence-electron chi connectivity index (χ4n) is 15.1. The summed E-state index contributed by atoms with van der Waals surface area (Å²) < 4.78 is 61.2. The van der Waals surface area contributed by atoms with Gasteiger partial charge in [0.1, 0.15) is 12.2 Å². The number of hydrogen-bond donors (Lipinski definition) is 8. The molecular formula is C77H130O20. The van der Waals surface area contributed by atoms with Gasteiger partial charge in [-0.3, -0.25) is 0 Å². The van der Waals surface area contributed by atoms with Gasteiger partial charge in [-0.1, -0.05) is 108 Å². The van der Waals surface area contributed by atoms with Crippen LogP contribution in [0.1, 0.15) is 198 Å². The van der Waals surface area contributed by atoms with E-state index < -0.39 is 127 Å². The third-order valence-electron chi connectivity index (χ3n) is 21.7. The number of methoxy groups -OCH3 is 4. The molecule has 29 atom stereocenters. The number of cyclic esters (lactones) is 2. The zero-order valence-corrected chi connectivity index (χ0v) is 61.4. The number of allylic oxidation sites excluding steroid dienone is 4. The van der Waals surface area contributed by atoms with E-state index in [1.807, 2.05) is 98.8 Å². The quantitative estimate of drug-likeness (QED) is 0.0593. The summed E-state index contributed by atoms with van der Waals surface area (Å²) in [5.74, 6) is -4.93. The molecule has 0 radical (unpaired) electrons. The minimum Gasteiger partial charge on any atom is -0.459 e. The molecule has 5 aliphatic rings. The average molecular weight is 1380 g/mol. The molecule has 0 saturated carbocycles. The molecule has 0 unspecified atom stereocenters. The number of rotatable bonds is 14. The number of aliphatic hydroxyl groups is 8. The van der Waals surface area contributed by atoms with Gasteiger partial charge in [-0.2, -0.15) is 0 Å². The van der Waals surface area contributed by atoms with Crippen molar-refractivity contribution < 1.29 is 97.8 Å². The van der Waals surface area contributed by atoms with Crippen molar-refractivity contribution in [2.75, 3.05) is 28.4 Å². The van der Waals surface area contributed by atoms with Crippen LogP contribution in [0.25, 0.3) is 0 Å². The van der Waals surface area contributed by atoms with Crippen LogP contribution in [0.15, 0.2) is 71.9 Å². The molecule has 5 aliphatic heterocycles. The number of carbonyl (C=O) groups excluding carboxylic acids is 2. The Morgan fingerprint density at radius 1 is 0.474 bits per heavy atom. The van der Waals surface area contributed by atoms with Crippen LogP contribution >= 0.6 is 0 Å². The molecule has 558 valence electrons. The van der Waals surface area contributed by atoms with E-state index in [2.05, 4.69) is 0 Å². The van der Waals surface area contributed by atoms with Crippen LogP contribution in [0, 0.1) is 41.4 Å². The van der Waals surface area contributed by atoms with Crippen LogP contribution in [0.5, 0.6) is 0 Å². The van der Waals surface area contributed by atoms with E-state index in [9.17, 15) is 50.4 Å². The van der Waals surface area contributed by atoms with Crippen LogP contribution < -0.4 is 0 Å². The van der Waals surface area contributed by atoms with Gasteiger partial charge in [-0.15, -0.1) is 0 Å². The summed E-state index contributed by atoms with van der Waals surface area (Å²) >= 11 is 0. The molecule has 0 aromatic carbocycles. The molecule has 0 aromatic rings. The summed E-state index contributed by atoms with van der Waals surface area (Å²) in [4.78, 5) is 27.7. The standard InChI is InChI=1S/C77H130O20/c1-45-22-29-57(79)37-60-19-17-21-62(95-60)43-71(91-15)51(7)69(82)44-70(83)53(9)77(54(10)74(86)47(3)26-30-63-41-65(88-12)34-49(5)92-63)97-73(85)33-25-46(2)23-28-56(78)36-59-18-16-20-61(94-59)40-67(90-14)38-58(80)39-68(81)52(8)75(87)55(11)76(96-72(84)32-24-45)48(4)27-31-64-42-66(89-13)35-50(6)93-64/h16-19,22-25,32-33,47-71,74-83,86-87H,20-21,26-31,34-44H2,1-15H3/b32-24+,33-25+,45-22+,46-23+/t47-,48-,49-,50-,51-,52-,53-,54-,55+,56-,57-,58+,59-,60-,61-,62-,63-,64-,65+,66+,67+,68+,69-,70+,71-,74-,75-,76-,77-/m0/s1. The van der Waals surface area contributed by atoms with Gasteiger partial charge in [0.25, 0.3) is 0 Å². The molecule has 0 aromatic heterocycles. The lowest BCUT2D eigenvalue weighted by Crippen LogP contribution is -2.45. The molecule has 8 N–H and O–H groups in total. The van der Waals surface area contributed by atoms with Gasteiger partial charge in [0.05, 0.1) is 122 Å². The Hall–Kier alpha value is -3.26. The number of carbonyl (C=O) groups is 2. The monoisotopic (exact) mass is 1370 g/mol. The van der Waals surface area contributed by atoms with Crippen molar-refractivity contribution in [1.29, 1.82) is 0 Å². The summed E-state index contributed by atoms with van der Waals surface area (Å²) in [7, 11) is 6.57. The lowest BCUT2D eigenvalue weighted by atomic mass is 9.78. The second kappa shape index (κ2) is 43.0. The maximum atomic E-state index is 13.9. The Labute approximate surface area is 581 Å². The van der Waals surface area contributed by atoms with Crippen LogP contribution in [0.2, 0.25) is 0 Å². The second-order valence-electron chi connectivity index (χ2n) is 29.9. The maximum Gasteiger partial charge on any atom is 0.331 e. The van der Waals surface area contributed by atoms with Gasteiger partial charge in [0.2, 0.25) is 0 Å². The average Bonchev–Trinajstić information content (AvgIpc) is 0.976. The van der Waals surface area contributed by atoms with Crippen molar-refractivity contribution in [2.24, 2.45) is 41.4 Å². The fourth-order valence-corrected chi connectivity index (χ4v) is 15.1. The molecule has 20 nitrogen and oxygen atoms in total. The minimum atomic E-state index is -1.16. The van der Waals surface area contributed by atoms with Crippen molar-refractivity contribution >= 4 is 11.9 Å². The Bertz CT molecular complexity index is 2450. The predicted octanol–water partition coefficient (Wildman–Crippen LogP) is 9.86. The van der Waals surface area contributed by atoms with Gasteiger partial charge in [-0.25, -0.2) is 9.59 Å². The van der Waals surface area contributed by atoms with Crippen molar-refractivity contribution in [1.82, 2.24) is 0 Å². The van der Waals surface area contributed by atoms with Gasteiger partial charge in [0, 0.05) is 95.9 Å². The number of hydrogen-bond acceptors (Lipinski definition) is 20. The van der Waals surface area contributed by atoms with Gasteiger partial charge in [0.15, 0.2) is 0 Å². The zero-order chi connectivity index (χ0) is 71.6. The summed E-state index contributed by atoms with van der Waals surface area (Å²) in [5.41, 5.74) is 1.41.